The van der Waals surface area contributed by atoms with E-state index < -0.39 is 0 Å². The molecule has 0 radical (unpaired) electrons. The highest BCUT2D eigenvalue weighted by Crippen LogP contribution is 2.39. The largest absolute Gasteiger partial charge is 0.465 e. The molecular weight excluding hydrogens is 342 g/mol. The van der Waals surface area contributed by atoms with E-state index in [4.69, 9.17) is 4.74 Å². The predicted molar refractivity (Wildman–Crippen MR) is 94.5 cm³/mol. The minimum atomic E-state index is -0.292. The van der Waals surface area contributed by atoms with Gasteiger partial charge < -0.3 is 9.30 Å². The van der Waals surface area contributed by atoms with Crippen LogP contribution >= 0.6 is 15.9 Å². The number of carbonyl (C=O) groups excluding carboxylic acids is 1. The first-order valence-electron chi connectivity index (χ1n) is 7.91. The Morgan fingerprint density at radius 2 is 1.91 bits per heavy atom. The summed E-state index contributed by atoms with van der Waals surface area (Å²) in [5.41, 5.74) is 3.04. The molecule has 0 bridgehead atoms. The first-order valence-corrected chi connectivity index (χ1v) is 8.70. The Bertz CT molecular complexity index is 669. The molecular formula is C18H24BrNO2. The second kappa shape index (κ2) is 7.32. The van der Waals surface area contributed by atoms with Crippen LogP contribution in [0, 0.1) is 0 Å². The molecule has 0 fully saturated rings. The number of rotatable bonds is 6. The molecule has 1 aromatic heterocycles. The molecule has 2 aromatic rings. The summed E-state index contributed by atoms with van der Waals surface area (Å²) in [6, 6.07) is 5.84. The Kier molecular flexibility index (Phi) is 5.68. The van der Waals surface area contributed by atoms with Crippen molar-refractivity contribution >= 4 is 32.8 Å². The molecule has 0 aliphatic heterocycles. The molecule has 120 valence electrons. The molecule has 3 nitrogen and oxygen atoms in total. The van der Waals surface area contributed by atoms with Crippen molar-refractivity contribution in [3.05, 3.63) is 33.9 Å². The summed E-state index contributed by atoms with van der Waals surface area (Å²) in [6.07, 6.45) is 4.72. The molecule has 0 unspecified atom stereocenters. The van der Waals surface area contributed by atoms with Crippen molar-refractivity contribution in [1.82, 2.24) is 4.57 Å². The third-order valence-corrected chi connectivity index (χ3v) is 5.23. The maximum absolute atomic E-state index is 11.8. The molecule has 1 heterocycles. The maximum Gasteiger partial charge on any atom is 0.337 e. The number of hydrogen-bond acceptors (Lipinski definition) is 2. The predicted octanol–water partition coefficient (Wildman–Crippen LogP) is 5.41. The molecule has 0 atom stereocenters. The molecule has 0 saturated carbocycles. The van der Waals surface area contributed by atoms with E-state index >= 15 is 0 Å². The minimum absolute atomic E-state index is 0.292. The van der Waals surface area contributed by atoms with Gasteiger partial charge in [0.15, 0.2) is 0 Å². The van der Waals surface area contributed by atoms with E-state index in [-0.39, 0.29) is 5.97 Å². The number of benzene rings is 1. The first-order chi connectivity index (χ1) is 10.5. The minimum Gasteiger partial charge on any atom is -0.465 e. The van der Waals surface area contributed by atoms with E-state index in [2.05, 4.69) is 40.4 Å². The summed E-state index contributed by atoms with van der Waals surface area (Å²) in [4.78, 5) is 11.8. The van der Waals surface area contributed by atoms with Gasteiger partial charge in [-0.2, -0.15) is 0 Å². The number of hydrogen-bond donors (Lipinski definition) is 0. The van der Waals surface area contributed by atoms with Crippen LogP contribution in [0.4, 0.5) is 0 Å². The highest BCUT2D eigenvalue weighted by atomic mass is 79.9. The number of aryl methyl sites for hydroxylation is 1. The summed E-state index contributed by atoms with van der Waals surface area (Å²) in [5.74, 6) is 0.261. The monoisotopic (exact) mass is 365 g/mol. The lowest BCUT2D eigenvalue weighted by Crippen LogP contribution is -2.01. The van der Waals surface area contributed by atoms with Crippen LogP contribution in [0.25, 0.3) is 10.9 Å². The molecule has 0 spiro atoms. The third-order valence-electron chi connectivity index (χ3n) is 4.27. The van der Waals surface area contributed by atoms with Gasteiger partial charge in [-0.3, -0.25) is 0 Å². The van der Waals surface area contributed by atoms with Gasteiger partial charge >= 0.3 is 5.97 Å². The topological polar surface area (TPSA) is 31.2 Å². The van der Waals surface area contributed by atoms with Crippen LogP contribution in [-0.4, -0.2) is 17.6 Å². The van der Waals surface area contributed by atoms with Crippen molar-refractivity contribution in [2.45, 2.75) is 45.4 Å². The molecule has 0 aliphatic carbocycles. The van der Waals surface area contributed by atoms with Gasteiger partial charge in [0, 0.05) is 18.0 Å². The second-order valence-electron chi connectivity index (χ2n) is 5.76. The van der Waals surface area contributed by atoms with Crippen LogP contribution in [0.3, 0.4) is 0 Å². The van der Waals surface area contributed by atoms with Gasteiger partial charge in [-0.15, -0.1) is 0 Å². The van der Waals surface area contributed by atoms with E-state index in [9.17, 15) is 4.79 Å². The second-order valence-corrected chi connectivity index (χ2v) is 6.51. The lowest BCUT2D eigenvalue weighted by molar-refractivity contribution is 0.0601. The van der Waals surface area contributed by atoms with Crippen molar-refractivity contribution in [1.29, 1.82) is 0 Å². The zero-order valence-corrected chi connectivity index (χ0v) is 15.4. The lowest BCUT2D eigenvalue weighted by Gasteiger charge is -2.16. The number of carbonyl (C=O) groups is 1. The van der Waals surface area contributed by atoms with E-state index in [1.807, 2.05) is 19.2 Å². The van der Waals surface area contributed by atoms with Crippen molar-refractivity contribution in [2.75, 3.05) is 7.11 Å². The average molecular weight is 366 g/mol. The fourth-order valence-corrected chi connectivity index (χ4v) is 3.93. The van der Waals surface area contributed by atoms with Crippen LogP contribution in [0.5, 0.6) is 0 Å². The van der Waals surface area contributed by atoms with Gasteiger partial charge in [0.05, 0.1) is 17.3 Å². The van der Waals surface area contributed by atoms with Crippen molar-refractivity contribution < 1.29 is 9.53 Å². The quantitative estimate of drug-likeness (QED) is 0.640. The van der Waals surface area contributed by atoms with Crippen molar-refractivity contribution in [3.8, 4) is 0 Å². The Morgan fingerprint density at radius 1 is 1.27 bits per heavy atom. The number of fused-ring (bicyclic) bond motifs is 1. The standard InChI is InChI=1S/C18H24BrNO2/c1-5-7-12(8-6-2)16-14-10-9-13(18(21)22-4)11-15(14)20(3)17(16)19/h9-12H,5-8H2,1-4H3. The number of ether oxygens (including phenoxy) is 1. The third kappa shape index (κ3) is 3.07. The summed E-state index contributed by atoms with van der Waals surface area (Å²) in [5, 5.41) is 1.23. The van der Waals surface area contributed by atoms with E-state index in [0.717, 1.165) is 10.1 Å². The summed E-state index contributed by atoms with van der Waals surface area (Å²) < 4.78 is 8.07. The number of nitrogens with zero attached hydrogens (tertiary/aromatic N) is 1. The molecule has 0 amide bonds. The van der Waals surface area contributed by atoms with Crippen LogP contribution < -0.4 is 0 Å². The van der Waals surface area contributed by atoms with Crippen LogP contribution in [-0.2, 0) is 11.8 Å². The number of aromatic nitrogens is 1. The van der Waals surface area contributed by atoms with Gasteiger partial charge in [0.2, 0.25) is 0 Å². The molecule has 0 aliphatic rings. The Labute approximate surface area is 140 Å². The maximum atomic E-state index is 11.8. The Balaban J connectivity index is 2.60. The van der Waals surface area contributed by atoms with Gasteiger partial charge in [-0.1, -0.05) is 32.8 Å². The number of esters is 1. The smallest absolute Gasteiger partial charge is 0.337 e. The molecule has 0 saturated heterocycles. The number of methoxy groups -OCH3 is 1. The average Bonchev–Trinajstić information content (AvgIpc) is 2.77. The van der Waals surface area contributed by atoms with Crippen molar-refractivity contribution in [2.24, 2.45) is 7.05 Å². The van der Waals surface area contributed by atoms with Gasteiger partial charge in [-0.05, 0) is 52.4 Å². The normalized spacial score (nSPS) is 11.4. The fourth-order valence-electron chi connectivity index (χ4n) is 3.20. The van der Waals surface area contributed by atoms with Crippen molar-refractivity contribution in [3.63, 3.8) is 0 Å². The SMILES string of the molecule is CCCC(CCC)c1c(Br)n(C)c2cc(C(=O)OC)ccc12. The molecule has 0 N–H and O–H groups in total. The van der Waals surface area contributed by atoms with Gasteiger partial charge in [0.25, 0.3) is 0 Å². The highest BCUT2D eigenvalue weighted by molar-refractivity contribution is 9.10. The molecule has 2 rings (SSSR count). The van der Waals surface area contributed by atoms with Gasteiger partial charge in [-0.25, -0.2) is 4.79 Å². The summed E-state index contributed by atoms with van der Waals surface area (Å²) >= 11 is 3.76. The zero-order valence-electron chi connectivity index (χ0n) is 13.8. The van der Waals surface area contributed by atoms with E-state index in [1.54, 1.807) is 0 Å². The Morgan fingerprint density at radius 3 is 2.45 bits per heavy atom. The van der Waals surface area contributed by atoms with Crippen LogP contribution in [0.2, 0.25) is 0 Å². The van der Waals surface area contributed by atoms with E-state index in [1.165, 1.54) is 43.7 Å². The fraction of sp³-hybridized carbons (Fsp3) is 0.500. The van der Waals surface area contributed by atoms with E-state index in [0.29, 0.717) is 11.5 Å². The molecule has 1 aromatic carbocycles. The van der Waals surface area contributed by atoms with Crippen LogP contribution in [0.15, 0.2) is 22.8 Å². The molecule has 22 heavy (non-hydrogen) atoms. The zero-order chi connectivity index (χ0) is 16.3. The van der Waals surface area contributed by atoms with Gasteiger partial charge in [0.1, 0.15) is 0 Å². The van der Waals surface area contributed by atoms with Crippen LogP contribution in [0.1, 0.15) is 61.4 Å². The Hall–Kier alpha value is -1.29. The molecule has 4 heteroatoms. The summed E-state index contributed by atoms with van der Waals surface area (Å²) in [7, 11) is 3.45. The first kappa shape index (κ1) is 17.1. The lowest BCUT2D eigenvalue weighted by atomic mass is 9.90. The summed E-state index contributed by atoms with van der Waals surface area (Å²) in [6.45, 7) is 4.47. The number of halogens is 1. The highest BCUT2D eigenvalue weighted by Gasteiger charge is 2.21.